The average Bonchev–Trinajstić information content (AvgIpc) is 2.77. The van der Waals surface area contributed by atoms with Crippen molar-refractivity contribution in [3.05, 3.63) is 113 Å². The van der Waals surface area contributed by atoms with Crippen molar-refractivity contribution >= 4 is 28.4 Å². The fourth-order valence-corrected chi connectivity index (χ4v) is 4.08. The van der Waals surface area contributed by atoms with Crippen LogP contribution in [0.2, 0.25) is 0 Å². The lowest BCUT2D eigenvalue weighted by atomic mass is 9.84. The molecule has 0 unspecified atom stereocenters. The van der Waals surface area contributed by atoms with E-state index in [9.17, 15) is 9.59 Å². The van der Waals surface area contributed by atoms with E-state index in [0.29, 0.717) is 16.7 Å². The van der Waals surface area contributed by atoms with Gasteiger partial charge < -0.3 is 0 Å². The molecule has 29 heavy (non-hydrogen) atoms. The van der Waals surface area contributed by atoms with Gasteiger partial charge in [0, 0.05) is 23.1 Å². The van der Waals surface area contributed by atoms with Crippen LogP contribution in [0, 0.1) is 0 Å². The largest absolute Gasteiger partial charge is 0.294 e. The molecule has 1 aliphatic rings. The minimum Gasteiger partial charge on any atom is -0.294 e. The lowest BCUT2D eigenvalue weighted by Crippen LogP contribution is -2.14. The SMILES string of the molecule is O=C1C/C(=C\c2cccc3ccccc23)C(=O)c2ccccc2-c2ccccc21. The number of fused-ring (bicyclic) bond motifs is 4. The number of hydrogen-bond donors (Lipinski definition) is 0. The van der Waals surface area contributed by atoms with Crippen molar-refractivity contribution in [1.82, 2.24) is 0 Å². The highest BCUT2D eigenvalue weighted by Crippen LogP contribution is 2.34. The molecule has 0 fully saturated rings. The van der Waals surface area contributed by atoms with Crippen molar-refractivity contribution in [3.8, 4) is 11.1 Å². The van der Waals surface area contributed by atoms with Crippen molar-refractivity contribution in [2.45, 2.75) is 6.42 Å². The van der Waals surface area contributed by atoms with Gasteiger partial charge in [0.2, 0.25) is 0 Å². The van der Waals surface area contributed by atoms with Gasteiger partial charge in [0.05, 0.1) is 0 Å². The molecule has 2 nitrogen and oxygen atoms in total. The first-order valence-corrected chi connectivity index (χ1v) is 9.67. The molecule has 0 heterocycles. The van der Waals surface area contributed by atoms with Crippen LogP contribution in [0.4, 0.5) is 0 Å². The maximum atomic E-state index is 13.5. The standard InChI is InChI=1S/C27H18O2/c28-26-17-20(16-19-10-7-9-18-8-1-2-11-21(18)19)27(29)25-15-6-4-13-23(25)22-12-3-5-14-24(22)26/h1-16H,17H2/b20-16+. The van der Waals surface area contributed by atoms with Crippen molar-refractivity contribution in [3.63, 3.8) is 0 Å². The second kappa shape index (κ2) is 6.99. The van der Waals surface area contributed by atoms with Gasteiger partial charge in [-0.15, -0.1) is 0 Å². The molecule has 138 valence electrons. The van der Waals surface area contributed by atoms with E-state index < -0.39 is 0 Å². The highest BCUT2D eigenvalue weighted by atomic mass is 16.1. The lowest BCUT2D eigenvalue weighted by molar-refractivity contribution is 0.0960. The van der Waals surface area contributed by atoms with Gasteiger partial charge in [-0.2, -0.15) is 0 Å². The van der Waals surface area contributed by atoms with Crippen LogP contribution in [0.25, 0.3) is 28.0 Å². The molecular formula is C27H18O2. The van der Waals surface area contributed by atoms with Crippen LogP contribution < -0.4 is 0 Å². The Kier molecular flexibility index (Phi) is 4.18. The molecule has 0 saturated carbocycles. The fraction of sp³-hybridized carbons (Fsp3) is 0.0370. The van der Waals surface area contributed by atoms with Gasteiger partial charge in [0.25, 0.3) is 0 Å². The summed E-state index contributed by atoms with van der Waals surface area (Å²) >= 11 is 0. The number of carbonyl (C=O) groups excluding carboxylic acids is 2. The summed E-state index contributed by atoms with van der Waals surface area (Å²) < 4.78 is 0. The molecule has 0 saturated heterocycles. The predicted octanol–water partition coefficient (Wildman–Crippen LogP) is 6.36. The fourth-order valence-electron chi connectivity index (χ4n) is 4.08. The summed E-state index contributed by atoms with van der Waals surface area (Å²) in [6, 6.07) is 29.2. The average molecular weight is 374 g/mol. The van der Waals surface area contributed by atoms with Crippen molar-refractivity contribution in [2.24, 2.45) is 0 Å². The Morgan fingerprint density at radius 2 is 1.17 bits per heavy atom. The minimum atomic E-state index is -0.0867. The van der Waals surface area contributed by atoms with E-state index >= 15 is 0 Å². The van der Waals surface area contributed by atoms with Crippen LogP contribution >= 0.6 is 0 Å². The first kappa shape index (κ1) is 17.3. The molecule has 0 aliphatic heterocycles. The van der Waals surface area contributed by atoms with Gasteiger partial charge in [0.15, 0.2) is 11.6 Å². The molecule has 0 aromatic heterocycles. The van der Waals surface area contributed by atoms with E-state index in [1.54, 1.807) is 0 Å². The molecule has 0 atom stereocenters. The van der Waals surface area contributed by atoms with Gasteiger partial charge >= 0.3 is 0 Å². The number of benzene rings is 4. The molecule has 5 rings (SSSR count). The Hall–Kier alpha value is -3.78. The topological polar surface area (TPSA) is 34.1 Å². The third kappa shape index (κ3) is 2.99. The minimum absolute atomic E-state index is 0.0325. The smallest absolute Gasteiger partial charge is 0.190 e. The van der Waals surface area contributed by atoms with Gasteiger partial charge in [-0.1, -0.05) is 91.0 Å². The number of Topliss-reactive ketones (excluding diaryl/α,β-unsaturated/α-hetero) is 2. The van der Waals surface area contributed by atoms with Crippen molar-refractivity contribution in [2.75, 3.05) is 0 Å². The first-order chi connectivity index (χ1) is 14.2. The highest BCUT2D eigenvalue weighted by molar-refractivity contribution is 6.21. The van der Waals surface area contributed by atoms with Crippen LogP contribution in [-0.2, 0) is 0 Å². The molecule has 0 spiro atoms. The van der Waals surface area contributed by atoms with Crippen molar-refractivity contribution < 1.29 is 9.59 Å². The molecular weight excluding hydrogens is 356 g/mol. The molecule has 1 aliphatic carbocycles. The predicted molar refractivity (Wildman–Crippen MR) is 117 cm³/mol. The molecule has 0 bridgehead atoms. The number of hydrogen-bond acceptors (Lipinski definition) is 2. The van der Waals surface area contributed by atoms with Gasteiger partial charge in [-0.3, -0.25) is 9.59 Å². The van der Waals surface area contributed by atoms with E-state index in [1.165, 1.54) is 0 Å². The molecule has 4 aromatic carbocycles. The van der Waals surface area contributed by atoms with Gasteiger partial charge in [-0.05, 0) is 33.5 Å². The Labute approximate surface area is 169 Å². The summed E-state index contributed by atoms with van der Waals surface area (Å²) in [5.41, 5.74) is 4.41. The quantitative estimate of drug-likeness (QED) is 0.363. The maximum Gasteiger partial charge on any atom is 0.190 e. The maximum absolute atomic E-state index is 13.5. The van der Waals surface area contributed by atoms with Gasteiger partial charge in [0.1, 0.15) is 0 Å². The molecule has 0 radical (unpaired) electrons. The van der Waals surface area contributed by atoms with Crippen LogP contribution in [0.15, 0.2) is 96.6 Å². The third-order valence-corrected chi connectivity index (χ3v) is 5.49. The third-order valence-electron chi connectivity index (χ3n) is 5.49. The highest BCUT2D eigenvalue weighted by Gasteiger charge is 2.25. The van der Waals surface area contributed by atoms with E-state index in [1.807, 2.05) is 97.1 Å². The van der Waals surface area contributed by atoms with Crippen LogP contribution in [0.5, 0.6) is 0 Å². The van der Waals surface area contributed by atoms with E-state index in [2.05, 4.69) is 0 Å². The molecule has 2 heteroatoms. The second-order valence-corrected chi connectivity index (χ2v) is 7.26. The summed E-state index contributed by atoms with van der Waals surface area (Å²) in [4.78, 5) is 26.5. The van der Waals surface area contributed by atoms with Crippen LogP contribution in [0.3, 0.4) is 0 Å². The van der Waals surface area contributed by atoms with E-state index in [0.717, 1.165) is 27.5 Å². The van der Waals surface area contributed by atoms with Crippen molar-refractivity contribution in [1.29, 1.82) is 0 Å². The number of allylic oxidation sites excluding steroid dienone is 1. The summed E-state index contributed by atoms with van der Waals surface area (Å²) in [5.74, 6) is -0.119. The first-order valence-electron chi connectivity index (χ1n) is 9.67. The second-order valence-electron chi connectivity index (χ2n) is 7.26. The lowest BCUT2D eigenvalue weighted by Gasteiger charge is -2.18. The summed E-state index contributed by atoms with van der Waals surface area (Å²) in [6.07, 6.45) is 1.97. The molecule has 4 aromatic rings. The number of carbonyl (C=O) groups is 2. The molecule has 0 N–H and O–H groups in total. The Morgan fingerprint density at radius 3 is 1.97 bits per heavy atom. The molecule has 0 amide bonds. The van der Waals surface area contributed by atoms with E-state index in [4.69, 9.17) is 0 Å². The normalized spacial score (nSPS) is 15.0. The Morgan fingerprint density at radius 1 is 0.586 bits per heavy atom. The summed E-state index contributed by atoms with van der Waals surface area (Å²) in [6.45, 7) is 0. The van der Waals surface area contributed by atoms with Crippen LogP contribution in [-0.4, -0.2) is 11.6 Å². The Balaban J connectivity index is 1.73. The van der Waals surface area contributed by atoms with E-state index in [-0.39, 0.29) is 18.0 Å². The number of rotatable bonds is 1. The van der Waals surface area contributed by atoms with Gasteiger partial charge in [-0.25, -0.2) is 0 Å². The zero-order valence-corrected chi connectivity index (χ0v) is 15.8. The monoisotopic (exact) mass is 374 g/mol. The Bertz CT molecular complexity index is 1310. The summed E-state index contributed by atoms with van der Waals surface area (Å²) in [5, 5.41) is 2.18. The zero-order valence-electron chi connectivity index (χ0n) is 15.8. The van der Waals surface area contributed by atoms with Crippen LogP contribution in [0.1, 0.15) is 32.7 Å². The zero-order chi connectivity index (χ0) is 19.8. The summed E-state index contributed by atoms with van der Waals surface area (Å²) in [7, 11) is 0. The number of ketones is 2.